The van der Waals surface area contributed by atoms with Gasteiger partial charge < -0.3 is 15.0 Å². The summed E-state index contributed by atoms with van der Waals surface area (Å²) < 4.78 is 10.8. The molecule has 1 aromatic heterocycles. The number of nitrogens with two attached hydrogens (primary N) is 1. The maximum atomic E-state index is 5.63. The Hall–Kier alpha value is -0.940. The lowest BCUT2D eigenvalue weighted by Gasteiger charge is -2.20. The van der Waals surface area contributed by atoms with Crippen LogP contribution in [-0.4, -0.2) is 29.4 Å². The molecule has 5 heteroatoms. The van der Waals surface area contributed by atoms with Crippen LogP contribution in [0.4, 0.5) is 0 Å². The van der Waals surface area contributed by atoms with Gasteiger partial charge in [0.15, 0.2) is 5.82 Å². The number of nitrogens with zero attached hydrogens (tertiary/aromatic N) is 2. The predicted octanol–water partition coefficient (Wildman–Crippen LogP) is 1.07. The molecule has 1 aliphatic rings. The van der Waals surface area contributed by atoms with Gasteiger partial charge in [0.25, 0.3) is 0 Å². The van der Waals surface area contributed by atoms with Crippen LogP contribution in [0, 0.1) is 0 Å². The van der Waals surface area contributed by atoms with Crippen LogP contribution in [0.15, 0.2) is 4.52 Å². The van der Waals surface area contributed by atoms with Gasteiger partial charge in [-0.15, -0.1) is 0 Å². The molecule has 5 nitrogen and oxygen atoms in total. The molecule has 90 valence electrons. The summed E-state index contributed by atoms with van der Waals surface area (Å²) >= 11 is 0. The minimum absolute atomic E-state index is 0.272. The molecule has 0 amide bonds. The van der Waals surface area contributed by atoms with Gasteiger partial charge in [-0.2, -0.15) is 4.98 Å². The van der Waals surface area contributed by atoms with E-state index in [4.69, 9.17) is 15.0 Å². The van der Waals surface area contributed by atoms with Crippen molar-refractivity contribution in [1.82, 2.24) is 10.1 Å². The molecular weight excluding hydrogens is 206 g/mol. The molecule has 0 aliphatic carbocycles. The normalized spacial score (nSPS) is 21.2. The maximum absolute atomic E-state index is 5.63. The van der Waals surface area contributed by atoms with Crippen LogP contribution >= 0.6 is 0 Å². The third kappa shape index (κ3) is 3.28. The number of hydrogen-bond acceptors (Lipinski definition) is 5. The summed E-state index contributed by atoms with van der Waals surface area (Å²) in [6, 6.07) is 0. The zero-order valence-corrected chi connectivity index (χ0v) is 9.52. The second-order valence-electron chi connectivity index (χ2n) is 4.19. The van der Waals surface area contributed by atoms with Crippen LogP contribution in [0.2, 0.25) is 0 Å². The zero-order valence-electron chi connectivity index (χ0n) is 9.52. The average Bonchev–Trinajstić information content (AvgIpc) is 2.75. The summed E-state index contributed by atoms with van der Waals surface area (Å²) in [5, 5.41) is 3.96. The van der Waals surface area contributed by atoms with E-state index in [2.05, 4.69) is 10.1 Å². The molecule has 1 atom stereocenters. The minimum atomic E-state index is 0.272. The van der Waals surface area contributed by atoms with Crippen molar-refractivity contribution < 1.29 is 9.26 Å². The minimum Gasteiger partial charge on any atom is -0.378 e. The van der Waals surface area contributed by atoms with Gasteiger partial charge in [-0.05, 0) is 32.2 Å². The molecule has 1 unspecified atom stereocenters. The first-order chi connectivity index (χ1) is 7.88. The smallest absolute Gasteiger partial charge is 0.226 e. The molecule has 0 spiro atoms. The lowest BCUT2D eigenvalue weighted by atomic mass is 10.1. The first-order valence-corrected chi connectivity index (χ1v) is 6.01. The zero-order chi connectivity index (χ0) is 11.2. The first-order valence-electron chi connectivity index (χ1n) is 6.01. The Labute approximate surface area is 95.3 Å². The molecule has 1 aliphatic heterocycles. The van der Waals surface area contributed by atoms with Crippen LogP contribution in [0.3, 0.4) is 0 Å². The SMILES string of the molecule is NCCCc1nc(CC2CCCCO2)no1. The molecule has 16 heavy (non-hydrogen) atoms. The molecule has 0 aromatic carbocycles. The Morgan fingerprint density at radius 1 is 1.38 bits per heavy atom. The molecule has 1 fully saturated rings. The lowest BCUT2D eigenvalue weighted by Crippen LogP contribution is -2.21. The van der Waals surface area contributed by atoms with Gasteiger partial charge >= 0.3 is 0 Å². The number of aryl methyl sites for hydroxylation is 1. The molecule has 2 N–H and O–H groups in total. The average molecular weight is 225 g/mol. The van der Waals surface area contributed by atoms with E-state index in [9.17, 15) is 0 Å². The van der Waals surface area contributed by atoms with Gasteiger partial charge in [-0.25, -0.2) is 0 Å². The highest BCUT2D eigenvalue weighted by Gasteiger charge is 2.17. The highest BCUT2D eigenvalue weighted by Crippen LogP contribution is 2.16. The van der Waals surface area contributed by atoms with Crippen molar-refractivity contribution >= 4 is 0 Å². The Balaban J connectivity index is 1.81. The Kier molecular flexibility index (Phi) is 4.30. The summed E-state index contributed by atoms with van der Waals surface area (Å²) in [6.45, 7) is 1.52. The van der Waals surface area contributed by atoms with E-state index < -0.39 is 0 Å². The third-order valence-corrected chi connectivity index (χ3v) is 2.79. The number of rotatable bonds is 5. The first kappa shape index (κ1) is 11.5. The molecule has 0 saturated carbocycles. The van der Waals surface area contributed by atoms with Gasteiger partial charge in [0.05, 0.1) is 6.10 Å². The van der Waals surface area contributed by atoms with E-state index in [0.29, 0.717) is 12.4 Å². The predicted molar refractivity (Wildman–Crippen MR) is 59.0 cm³/mol. The fourth-order valence-corrected chi connectivity index (χ4v) is 1.90. The van der Waals surface area contributed by atoms with Crippen LogP contribution in [0.25, 0.3) is 0 Å². The van der Waals surface area contributed by atoms with Crippen molar-refractivity contribution in [3.8, 4) is 0 Å². The fourth-order valence-electron chi connectivity index (χ4n) is 1.90. The second-order valence-corrected chi connectivity index (χ2v) is 4.19. The van der Waals surface area contributed by atoms with Crippen molar-refractivity contribution in [2.75, 3.05) is 13.2 Å². The van der Waals surface area contributed by atoms with E-state index in [-0.39, 0.29) is 6.10 Å². The van der Waals surface area contributed by atoms with Gasteiger partial charge in [0.1, 0.15) is 0 Å². The largest absolute Gasteiger partial charge is 0.378 e. The van der Waals surface area contributed by atoms with Crippen LogP contribution in [-0.2, 0) is 17.6 Å². The van der Waals surface area contributed by atoms with Crippen molar-refractivity contribution in [3.63, 3.8) is 0 Å². The molecular formula is C11H19N3O2. The number of hydrogen-bond donors (Lipinski definition) is 1. The fraction of sp³-hybridized carbons (Fsp3) is 0.818. The standard InChI is InChI=1S/C11H19N3O2/c12-6-3-5-11-13-10(14-16-11)8-9-4-1-2-7-15-9/h9H,1-8,12H2. The molecule has 0 bridgehead atoms. The summed E-state index contributed by atoms with van der Waals surface area (Å²) in [7, 11) is 0. The van der Waals surface area contributed by atoms with Gasteiger partial charge in [0.2, 0.25) is 5.89 Å². The van der Waals surface area contributed by atoms with Crippen molar-refractivity contribution in [1.29, 1.82) is 0 Å². The summed E-state index contributed by atoms with van der Waals surface area (Å²) in [5.41, 5.74) is 5.42. The van der Waals surface area contributed by atoms with Gasteiger partial charge in [-0.3, -0.25) is 0 Å². The monoisotopic (exact) mass is 225 g/mol. The lowest BCUT2D eigenvalue weighted by molar-refractivity contribution is 0.0153. The Morgan fingerprint density at radius 2 is 2.31 bits per heavy atom. The van der Waals surface area contributed by atoms with E-state index in [1.165, 1.54) is 12.8 Å². The summed E-state index contributed by atoms with van der Waals surface area (Å²) in [5.74, 6) is 1.45. The summed E-state index contributed by atoms with van der Waals surface area (Å²) in [6.07, 6.45) is 6.22. The summed E-state index contributed by atoms with van der Waals surface area (Å²) in [4.78, 5) is 4.33. The molecule has 2 heterocycles. The van der Waals surface area contributed by atoms with Crippen molar-refractivity contribution in [2.24, 2.45) is 5.73 Å². The maximum Gasteiger partial charge on any atom is 0.226 e. The molecule has 2 rings (SSSR count). The third-order valence-electron chi connectivity index (χ3n) is 2.79. The van der Waals surface area contributed by atoms with E-state index in [0.717, 1.165) is 38.1 Å². The van der Waals surface area contributed by atoms with Gasteiger partial charge in [0, 0.05) is 19.4 Å². The van der Waals surface area contributed by atoms with Gasteiger partial charge in [-0.1, -0.05) is 5.16 Å². The highest BCUT2D eigenvalue weighted by molar-refractivity contribution is 4.89. The Morgan fingerprint density at radius 3 is 3.06 bits per heavy atom. The highest BCUT2D eigenvalue weighted by atomic mass is 16.5. The van der Waals surface area contributed by atoms with E-state index >= 15 is 0 Å². The molecule has 0 radical (unpaired) electrons. The van der Waals surface area contributed by atoms with Crippen LogP contribution < -0.4 is 5.73 Å². The Bertz CT molecular complexity index is 308. The quantitative estimate of drug-likeness (QED) is 0.811. The van der Waals surface area contributed by atoms with Crippen LogP contribution in [0.5, 0.6) is 0 Å². The van der Waals surface area contributed by atoms with Crippen molar-refractivity contribution in [2.45, 2.75) is 44.6 Å². The molecule has 1 aromatic rings. The topological polar surface area (TPSA) is 74.2 Å². The van der Waals surface area contributed by atoms with Crippen LogP contribution in [0.1, 0.15) is 37.4 Å². The second kappa shape index (κ2) is 5.96. The number of ether oxygens (including phenoxy) is 1. The number of aromatic nitrogens is 2. The van der Waals surface area contributed by atoms with E-state index in [1.807, 2.05) is 0 Å². The van der Waals surface area contributed by atoms with E-state index in [1.54, 1.807) is 0 Å². The van der Waals surface area contributed by atoms with Crippen molar-refractivity contribution in [3.05, 3.63) is 11.7 Å². The molecule has 1 saturated heterocycles.